The number of rotatable bonds is 4. The summed E-state index contributed by atoms with van der Waals surface area (Å²) in [4.78, 5) is 9.14. The number of ether oxygens (including phenoxy) is 1. The lowest BCUT2D eigenvalue weighted by Gasteiger charge is -2.38. The zero-order valence-corrected chi connectivity index (χ0v) is 12.8. The molecule has 0 saturated heterocycles. The van der Waals surface area contributed by atoms with Gasteiger partial charge in [-0.1, -0.05) is 31.9 Å². The van der Waals surface area contributed by atoms with Crippen LogP contribution in [-0.4, -0.2) is 16.6 Å². The van der Waals surface area contributed by atoms with Crippen molar-refractivity contribution in [2.75, 3.05) is 6.61 Å². The molecular formula is C15H23ClN2O. The molecule has 2 rings (SSSR count). The first-order valence-electron chi connectivity index (χ1n) is 7.27. The molecule has 0 aromatic carbocycles. The van der Waals surface area contributed by atoms with Gasteiger partial charge in [-0.2, -0.15) is 0 Å². The second-order valence-corrected chi connectivity index (χ2v) is 5.88. The third-order valence-electron chi connectivity index (χ3n) is 3.89. The Labute approximate surface area is 120 Å². The van der Waals surface area contributed by atoms with E-state index in [-0.39, 0.29) is 5.60 Å². The highest BCUT2D eigenvalue weighted by Gasteiger charge is 2.40. The minimum atomic E-state index is -0.332. The molecule has 1 aromatic rings. The van der Waals surface area contributed by atoms with Crippen molar-refractivity contribution < 1.29 is 4.74 Å². The lowest BCUT2D eigenvalue weighted by atomic mass is 9.78. The van der Waals surface area contributed by atoms with Gasteiger partial charge in [-0.15, -0.1) is 0 Å². The fourth-order valence-corrected chi connectivity index (χ4v) is 3.23. The lowest BCUT2D eigenvalue weighted by molar-refractivity contribution is -0.0882. The van der Waals surface area contributed by atoms with Gasteiger partial charge in [0.05, 0.1) is 0 Å². The highest BCUT2D eigenvalue weighted by molar-refractivity contribution is 6.29. The van der Waals surface area contributed by atoms with Gasteiger partial charge in [0.2, 0.25) is 0 Å². The van der Waals surface area contributed by atoms with E-state index in [0.29, 0.717) is 17.7 Å². The van der Waals surface area contributed by atoms with Crippen LogP contribution in [0.25, 0.3) is 0 Å². The van der Waals surface area contributed by atoms with E-state index >= 15 is 0 Å². The van der Waals surface area contributed by atoms with E-state index in [4.69, 9.17) is 16.3 Å². The van der Waals surface area contributed by atoms with Crippen LogP contribution in [0.4, 0.5) is 0 Å². The van der Waals surface area contributed by atoms with Gasteiger partial charge in [-0.05, 0) is 44.6 Å². The maximum Gasteiger partial charge on any atom is 0.162 e. The smallest absolute Gasteiger partial charge is 0.162 e. The van der Waals surface area contributed by atoms with Crippen LogP contribution in [-0.2, 0) is 16.8 Å². The van der Waals surface area contributed by atoms with Crippen LogP contribution in [0.1, 0.15) is 58.0 Å². The number of hydrogen-bond donors (Lipinski definition) is 0. The first-order chi connectivity index (χ1) is 9.09. The summed E-state index contributed by atoms with van der Waals surface area (Å²) in [5, 5.41) is 0.527. The first-order valence-corrected chi connectivity index (χ1v) is 7.65. The molecule has 0 spiro atoms. The number of nitrogens with zero attached hydrogens (tertiary/aromatic N) is 2. The van der Waals surface area contributed by atoms with E-state index in [9.17, 15) is 0 Å². The number of halogens is 1. The monoisotopic (exact) mass is 282 g/mol. The number of aromatic nitrogens is 2. The third kappa shape index (κ3) is 3.26. The summed E-state index contributed by atoms with van der Waals surface area (Å²) < 4.78 is 6.10. The Balaban J connectivity index is 2.40. The molecule has 2 unspecified atom stereocenters. The molecule has 19 heavy (non-hydrogen) atoms. The van der Waals surface area contributed by atoms with Gasteiger partial charge in [0, 0.05) is 12.3 Å². The van der Waals surface area contributed by atoms with Crippen molar-refractivity contribution in [3.05, 3.63) is 22.7 Å². The van der Waals surface area contributed by atoms with Crippen LogP contribution < -0.4 is 0 Å². The Morgan fingerprint density at radius 3 is 2.84 bits per heavy atom. The molecular weight excluding hydrogens is 260 g/mol. The molecule has 1 aliphatic carbocycles. The van der Waals surface area contributed by atoms with E-state index in [1.54, 1.807) is 0 Å². The molecule has 0 aliphatic heterocycles. The van der Waals surface area contributed by atoms with E-state index in [1.807, 2.05) is 13.0 Å². The average molecular weight is 283 g/mol. The Morgan fingerprint density at radius 1 is 1.42 bits per heavy atom. The largest absolute Gasteiger partial charge is 0.367 e. The summed E-state index contributed by atoms with van der Waals surface area (Å²) in [5.74, 6) is 1.43. The summed E-state index contributed by atoms with van der Waals surface area (Å²) in [6.45, 7) is 7.08. The predicted molar refractivity (Wildman–Crippen MR) is 77.4 cm³/mol. The maximum atomic E-state index is 6.14. The molecule has 2 atom stereocenters. The third-order valence-corrected chi connectivity index (χ3v) is 4.09. The van der Waals surface area contributed by atoms with E-state index in [0.717, 1.165) is 30.8 Å². The molecule has 0 bridgehead atoms. The van der Waals surface area contributed by atoms with Gasteiger partial charge < -0.3 is 4.74 Å². The van der Waals surface area contributed by atoms with Crippen molar-refractivity contribution >= 4 is 11.6 Å². The molecule has 0 radical (unpaired) electrons. The predicted octanol–water partition coefficient (Wildman–Crippen LogP) is 4.13. The van der Waals surface area contributed by atoms with Crippen molar-refractivity contribution in [3.8, 4) is 0 Å². The van der Waals surface area contributed by atoms with Gasteiger partial charge in [-0.25, -0.2) is 9.97 Å². The van der Waals surface area contributed by atoms with Crippen molar-refractivity contribution in [2.45, 2.75) is 58.5 Å². The summed E-state index contributed by atoms with van der Waals surface area (Å²) in [7, 11) is 0. The van der Waals surface area contributed by atoms with E-state index in [1.165, 1.54) is 12.8 Å². The zero-order valence-electron chi connectivity index (χ0n) is 12.1. The van der Waals surface area contributed by atoms with Crippen LogP contribution in [0, 0.1) is 5.92 Å². The quantitative estimate of drug-likeness (QED) is 0.779. The molecule has 1 saturated carbocycles. The summed E-state index contributed by atoms with van der Waals surface area (Å²) in [5.41, 5.74) is 0.661. The SMILES string of the molecule is CCOC1(c2nc(Cl)cc(CC)n2)CCCC(C)C1. The molecule has 4 heteroatoms. The van der Waals surface area contributed by atoms with Crippen molar-refractivity contribution in [1.82, 2.24) is 9.97 Å². The fraction of sp³-hybridized carbons (Fsp3) is 0.733. The molecule has 1 fully saturated rings. The molecule has 1 aromatic heterocycles. The van der Waals surface area contributed by atoms with Crippen molar-refractivity contribution in [1.29, 1.82) is 0 Å². The maximum absolute atomic E-state index is 6.14. The van der Waals surface area contributed by atoms with Crippen molar-refractivity contribution in [3.63, 3.8) is 0 Å². The van der Waals surface area contributed by atoms with Gasteiger partial charge in [0.1, 0.15) is 10.8 Å². The summed E-state index contributed by atoms with van der Waals surface area (Å²) in [6.07, 6.45) is 5.28. The molecule has 0 amide bonds. The Bertz CT molecular complexity index is 434. The van der Waals surface area contributed by atoms with E-state index < -0.39 is 0 Å². The Hall–Kier alpha value is -0.670. The minimum absolute atomic E-state index is 0.332. The van der Waals surface area contributed by atoms with E-state index in [2.05, 4.69) is 23.8 Å². The van der Waals surface area contributed by atoms with Gasteiger partial charge in [0.25, 0.3) is 0 Å². The first kappa shape index (κ1) is 14.7. The lowest BCUT2D eigenvalue weighted by Crippen LogP contribution is -2.37. The molecule has 0 N–H and O–H groups in total. The summed E-state index contributed by atoms with van der Waals surface area (Å²) >= 11 is 6.14. The fourth-order valence-electron chi connectivity index (χ4n) is 3.03. The number of hydrogen-bond acceptors (Lipinski definition) is 3. The van der Waals surface area contributed by atoms with Crippen LogP contribution in [0.3, 0.4) is 0 Å². The van der Waals surface area contributed by atoms with Crippen LogP contribution >= 0.6 is 11.6 Å². The Kier molecular flexibility index (Phi) is 4.80. The van der Waals surface area contributed by atoms with Gasteiger partial charge in [0.15, 0.2) is 5.82 Å². The van der Waals surface area contributed by atoms with Crippen LogP contribution in [0.5, 0.6) is 0 Å². The minimum Gasteiger partial charge on any atom is -0.367 e. The Morgan fingerprint density at radius 2 is 2.21 bits per heavy atom. The molecule has 1 aliphatic rings. The van der Waals surface area contributed by atoms with Gasteiger partial charge in [-0.3, -0.25) is 0 Å². The zero-order chi connectivity index (χ0) is 13.9. The van der Waals surface area contributed by atoms with Gasteiger partial charge >= 0.3 is 0 Å². The second kappa shape index (κ2) is 6.19. The highest BCUT2D eigenvalue weighted by atomic mass is 35.5. The average Bonchev–Trinajstić information content (AvgIpc) is 2.38. The topological polar surface area (TPSA) is 35.0 Å². The van der Waals surface area contributed by atoms with Crippen molar-refractivity contribution in [2.24, 2.45) is 5.92 Å². The number of aryl methyl sites for hydroxylation is 1. The molecule has 106 valence electrons. The molecule has 3 nitrogen and oxygen atoms in total. The highest BCUT2D eigenvalue weighted by Crippen LogP contribution is 2.41. The second-order valence-electron chi connectivity index (χ2n) is 5.49. The summed E-state index contributed by atoms with van der Waals surface area (Å²) in [6, 6.07) is 1.84. The van der Waals surface area contributed by atoms with Crippen LogP contribution in [0.2, 0.25) is 5.15 Å². The molecule has 1 heterocycles. The van der Waals surface area contributed by atoms with Crippen LogP contribution in [0.15, 0.2) is 6.07 Å². The standard InChI is InChI=1S/C15H23ClN2O/c1-4-12-9-13(16)18-14(17-12)15(19-5-2)8-6-7-11(3)10-15/h9,11H,4-8,10H2,1-3H3. The normalized spacial score (nSPS) is 27.5.